The van der Waals surface area contributed by atoms with Crippen molar-refractivity contribution in [2.75, 3.05) is 7.11 Å². The fourth-order valence-corrected chi connectivity index (χ4v) is 2.66. The molecule has 0 radical (unpaired) electrons. The van der Waals surface area contributed by atoms with Gasteiger partial charge in [-0.3, -0.25) is 14.4 Å². The Balaban J connectivity index is 2.33. The number of hydrogen-bond acceptors (Lipinski definition) is 4. The summed E-state index contributed by atoms with van der Waals surface area (Å²) >= 11 is 3.29. The van der Waals surface area contributed by atoms with Crippen LogP contribution in [-0.4, -0.2) is 36.0 Å². The molecule has 2 rings (SSSR count). The van der Waals surface area contributed by atoms with Gasteiger partial charge in [-0.25, -0.2) is 0 Å². The zero-order valence-electron chi connectivity index (χ0n) is 15.2. The van der Waals surface area contributed by atoms with Crippen molar-refractivity contribution in [2.24, 2.45) is 0 Å². The highest BCUT2D eigenvalue weighted by Crippen LogP contribution is 2.17. The number of carbonyl (C=O) groups is 3. The molecule has 3 N–H and O–H groups in total. The maximum absolute atomic E-state index is 12.6. The van der Waals surface area contributed by atoms with Gasteiger partial charge in [-0.2, -0.15) is 0 Å². The first-order valence-electron chi connectivity index (χ1n) is 8.27. The first-order valence-corrected chi connectivity index (χ1v) is 9.06. The molecule has 0 fully saturated rings. The average Bonchev–Trinajstić information content (AvgIpc) is 2.68. The Kier molecular flexibility index (Phi) is 7.34. The second-order valence-electron chi connectivity index (χ2n) is 5.80. The number of methoxy groups -OCH3 is 1. The van der Waals surface area contributed by atoms with Crippen LogP contribution in [0, 0.1) is 0 Å². The summed E-state index contributed by atoms with van der Waals surface area (Å²) in [6.45, 7) is 1.33. The zero-order valence-corrected chi connectivity index (χ0v) is 16.8. The van der Waals surface area contributed by atoms with Gasteiger partial charge in [0.05, 0.1) is 12.7 Å². The number of nitrogens with one attached hydrogen (secondary N) is 2. The largest absolute Gasteiger partial charge is 0.497 e. The molecule has 0 aliphatic heterocycles. The van der Waals surface area contributed by atoms with E-state index in [0.717, 1.165) is 0 Å². The highest BCUT2D eigenvalue weighted by Gasteiger charge is 2.20. The Morgan fingerprint density at radius 2 is 1.75 bits per heavy atom. The van der Waals surface area contributed by atoms with Crippen LogP contribution in [0.2, 0.25) is 0 Å². The second-order valence-corrected chi connectivity index (χ2v) is 6.65. The number of benzene rings is 2. The van der Waals surface area contributed by atoms with Crippen LogP contribution in [0.3, 0.4) is 0 Å². The van der Waals surface area contributed by atoms with Crippen molar-refractivity contribution in [3.63, 3.8) is 0 Å². The molecule has 0 aliphatic carbocycles. The summed E-state index contributed by atoms with van der Waals surface area (Å²) in [6.07, 6.45) is 1.46. The fourth-order valence-electron chi connectivity index (χ4n) is 2.20. The molecule has 146 valence electrons. The summed E-state index contributed by atoms with van der Waals surface area (Å²) in [5, 5.41) is 13.9. The Bertz CT molecular complexity index is 909. The molecule has 28 heavy (non-hydrogen) atoms. The minimum absolute atomic E-state index is 0.0842. The van der Waals surface area contributed by atoms with Crippen LogP contribution in [0.15, 0.2) is 58.7 Å². The summed E-state index contributed by atoms with van der Waals surface area (Å²) in [5.41, 5.74) is 0.877. The predicted octanol–water partition coefficient (Wildman–Crippen LogP) is 2.82. The van der Waals surface area contributed by atoms with Gasteiger partial charge >= 0.3 is 5.97 Å². The van der Waals surface area contributed by atoms with Gasteiger partial charge in [0.15, 0.2) is 0 Å². The van der Waals surface area contributed by atoms with E-state index in [2.05, 4.69) is 26.6 Å². The maximum Gasteiger partial charge on any atom is 0.325 e. The molecule has 1 atom stereocenters. The third-order valence-corrected chi connectivity index (χ3v) is 4.45. The maximum atomic E-state index is 12.6. The molecule has 0 saturated heterocycles. The smallest absolute Gasteiger partial charge is 0.325 e. The van der Waals surface area contributed by atoms with Gasteiger partial charge in [0.2, 0.25) is 0 Å². The lowest BCUT2D eigenvalue weighted by molar-refractivity contribution is -0.140. The van der Waals surface area contributed by atoms with Crippen molar-refractivity contribution in [3.8, 4) is 5.75 Å². The zero-order chi connectivity index (χ0) is 20.7. The number of hydrogen-bond donors (Lipinski definition) is 3. The molecule has 0 bridgehead atoms. The number of halogens is 1. The quantitative estimate of drug-likeness (QED) is 0.567. The van der Waals surface area contributed by atoms with Crippen molar-refractivity contribution in [1.82, 2.24) is 10.6 Å². The molecule has 0 saturated carbocycles. The molecule has 2 amide bonds. The van der Waals surface area contributed by atoms with Crippen molar-refractivity contribution in [3.05, 3.63) is 69.8 Å². The second kappa shape index (κ2) is 9.70. The molecule has 8 heteroatoms. The van der Waals surface area contributed by atoms with Crippen LogP contribution in [0.4, 0.5) is 0 Å². The molecular formula is C20H19BrN2O5. The minimum Gasteiger partial charge on any atom is -0.497 e. The summed E-state index contributed by atoms with van der Waals surface area (Å²) in [4.78, 5) is 36.2. The van der Waals surface area contributed by atoms with Crippen LogP contribution in [0.5, 0.6) is 5.75 Å². The van der Waals surface area contributed by atoms with Gasteiger partial charge in [0.1, 0.15) is 17.5 Å². The number of carbonyl (C=O) groups excluding carboxylic acids is 2. The summed E-state index contributed by atoms with van der Waals surface area (Å²) in [7, 11) is 1.54. The molecule has 2 aromatic carbocycles. The van der Waals surface area contributed by atoms with E-state index in [-0.39, 0.29) is 5.70 Å². The Hall–Kier alpha value is -3.13. The molecule has 0 spiro atoms. The first-order chi connectivity index (χ1) is 13.3. The van der Waals surface area contributed by atoms with E-state index in [1.165, 1.54) is 20.1 Å². The average molecular weight is 447 g/mol. The lowest BCUT2D eigenvalue weighted by Crippen LogP contribution is -2.42. The van der Waals surface area contributed by atoms with Gasteiger partial charge < -0.3 is 20.5 Å². The van der Waals surface area contributed by atoms with Crippen LogP contribution in [0.25, 0.3) is 6.08 Å². The third-order valence-electron chi connectivity index (χ3n) is 3.76. The molecule has 7 nitrogen and oxygen atoms in total. The highest BCUT2D eigenvalue weighted by molar-refractivity contribution is 9.10. The van der Waals surface area contributed by atoms with E-state index in [1.54, 1.807) is 48.5 Å². The van der Waals surface area contributed by atoms with Crippen molar-refractivity contribution >= 4 is 39.8 Å². The van der Waals surface area contributed by atoms with Crippen molar-refractivity contribution in [2.45, 2.75) is 13.0 Å². The standard InChI is InChI=1S/C20H19BrN2O5/c1-12(20(26)27)22-19(25)17(11-13-7-9-14(28-2)10-8-13)23-18(24)15-5-3-4-6-16(15)21/h3-12H,1-2H3,(H,22,25)(H,23,24)(H,26,27)/b17-11+/t12-/m1/s1. The summed E-state index contributed by atoms with van der Waals surface area (Å²) < 4.78 is 5.66. The molecule has 0 unspecified atom stereocenters. The number of aliphatic carboxylic acids is 1. The number of rotatable bonds is 7. The van der Waals surface area contributed by atoms with E-state index in [0.29, 0.717) is 21.3 Å². The lowest BCUT2D eigenvalue weighted by Gasteiger charge is -2.14. The number of carboxylic acid groups (broad SMARTS) is 1. The normalized spacial score (nSPS) is 12.0. The van der Waals surface area contributed by atoms with Gasteiger partial charge in [-0.15, -0.1) is 0 Å². The van der Waals surface area contributed by atoms with E-state index >= 15 is 0 Å². The van der Waals surface area contributed by atoms with E-state index in [1.807, 2.05) is 0 Å². The van der Waals surface area contributed by atoms with E-state index in [9.17, 15) is 14.4 Å². The summed E-state index contributed by atoms with van der Waals surface area (Å²) in [5.74, 6) is -1.77. The molecule has 0 aliphatic rings. The third kappa shape index (κ3) is 5.68. The Labute approximate surface area is 170 Å². The SMILES string of the molecule is COc1ccc(/C=C(/NC(=O)c2ccccc2Br)C(=O)N[C@H](C)C(=O)O)cc1. The van der Waals surface area contributed by atoms with Crippen molar-refractivity contribution < 1.29 is 24.2 Å². The van der Waals surface area contributed by atoms with E-state index < -0.39 is 23.8 Å². The Morgan fingerprint density at radius 3 is 2.32 bits per heavy atom. The van der Waals surface area contributed by atoms with Crippen LogP contribution < -0.4 is 15.4 Å². The van der Waals surface area contributed by atoms with Gasteiger partial charge in [-0.1, -0.05) is 24.3 Å². The predicted molar refractivity (Wildman–Crippen MR) is 108 cm³/mol. The minimum atomic E-state index is -1.19. The molecule has 0 heterocycles. The lowest BCUT2D eigenvalue weighted by atomic mass is 10.1. The van der Waals surface area contributed by atoms with Crippen LogP contribution >= 0.6 is 15.9 Å². The summed E-state index contributed by atoms with van der Waals surface area (Å²) in [6, 6.07) is 12.5. The van der Waals surface area contributed by atoms with E-state index in [4.69, 9.17) is 9.84 Å². The molecule has 2 aromatic rings. The van der Waals surface area contributed by atoms with Crippen molar-refractivity contribution in [1.29, 1.82) is 0 Å². The van der Waals surface area contributed by atoms with Crippen LogP contribution in [0.1, 0.15) is 22.8 Å². The van der Waals surface area contributed by atoms with Gasteiger partial charge in [-0.05, 0) is 58.8 Å². The Morgan fingerprint density at radius 1 is 1.11 bits per heavy atom. The fraction of sp³-hybridized carbons (Fsp3) is 0.150. The number of carboxylic acids is 1. The molecule has 0 aromatic heterocycles. The number of amides is 2. The molecular weight excluding hydrogens is 428 g/mol. The van der Waals surface area contributed by atoms with Crippen LogP contribution in [-0.2, 0) is 9.59 Å². The monoisotopic (exact) mass is 446 g/mol. The highest BCUT2D eigenvalue weighted by atomic mass is 79.9. The number of ether oxygens (including phenoxy) is 1. The van der Waals surface area contributed by atoms with Gasteiger partial charge in [0, 0.05) is 4.47 Å². The first kappa shape index (κ1) is 21.2. The topological polar surface area (TPSA) is 105 Å². The van der Waals surface area contributed by atoms with Gasteiger partial charge in [0.25, 0.3) is 11.8 Å².